The third-order valence-electron chi connectivity index (χ3n) is 3.45. The Labute approximate surface area is 115 Å². The number of nitrogens with one attached hydrogen (secondary N) is 1. The molecule has 0 aliphatic heterocycles. The van der Waals surface area contributed by atoms with Gasteiger partial charge in [-0.2, -0.15) is 5.26 Å². The minimum atomic E-state index is 0.00444. The summed E-state index contributed by atoms with van der Waals surface area (Å²) in [6.07, 6.45) is 6.15. The summed E-state index contributed by atoms with van der Waals surface area (Å²) in [4.78, 5) is 6.59. The number of aromatic nitrogens is 1. The van der Waals surface area contributed by atoms with Gasteiger partial charge in [-0.15, -0.1) is 0 Å². The minimum Gasteiger partial charge on any atom is -0.306 e. The molecule has 4 heteroatoms. The lowest BCUT2D eigenvalue weighted by molar-refractivity contribution is 0.320. The lowest BCUT2D eigenvalue weighted by Crippen LogP contribution is -2.34. The van der Waals surface area contributed by atoms with Crippen LogP contribution in [0.1, 0.15) is 25.0 Å². The second-order valence-electron chi connectivity index (χ2n) is 5.29. The van der Waals surface area contributed by atoms with Gasteiger partial charge in [0.2, 0.25) is 0 Å². The maximum atomic E-state index is 9.08. The van der Waals surface area contributed by atoms with Gasteiger partial charge in [0.1, 0.15) is 0 Å². The Kier molecular flexibility index (Phi) is 5.31. The van der Waals surface area contributed by atoms with E-state index in [0.717, 1.165) is 31.6 Å². The Bertz CT molecular complexity index is 408. The zero-order valence-corrected chi connectivity index (χ0v) is 11.5. The summed E-state index contributed by atoms with van der Waals surface area (Å²) in [6.45, 7) is 1.93. The van der Waals surface area contributed by atoms with E-state index in [4.69, 9.17) is 5.26 Å². The molecule has 4 nitrogen and oxygen atoms in total. The zero-order valence-electron chi connectivity index (χ0n) is 11.5. The van der Waals surface area contributed by atoms with Crippen LogP contribution in [0, 0.1) is 11.3 Å². The smallest absolute Gasteiger partial charge is 0.0967 e. The van der Waals surface area contributed by atoms with Crippen LogP contribution in [0.5, 0.6) is 0 Å². The Morgan fingerprint density at radius 3 is 2.95 bits per heavy atom. The highest BCUT2D eigenvalue weighted by Gasteiger charge is 2.24. The fraction of sp³-hybridized carbons (Fsp3) is 0.600. The van der Waals surface area contributed by atoms with Gasteiger partial charge in [-0.1, -0.05) is 6.07 Å². The number of nitrogens with zero attached hydrogens (tertiary/aromatic N) is 3. The molecule has 1 aromatic rings. The van der Waals surface area contributed by atoms with Crippen LogP contribution in [-0.2, 0) is 6.42 Å². The van der Waals surface area contributed by atoms with E-state index >= 15 is 0 Å². The van der Waals surface area contributed by atoms with E-state index in [1.54, 1.807) is 0 Å². The number of hydrogen-bond acceptors (Lipinski definition) is 4. The van der Waals surface area contributed by atoms with Gasteiger partial charge in [-0.3, -0.25) is 10.3 Å². The minimum absolute atomic E-state index is 0.00444. The molecule has 102 valence electrons. The molecule has 1 aromatic heterocycles. The molecule has 1 aliphatic rings. The van der Waals surface area contributed by atoms with Crippen molar-refractivity contribution < 1.29 is 0 Å². The van der Waals surface area contributed by atoms with Crippen LogP contribution in [0.15, 0.2) is 24.4 Å². The summed E-state index contributed by atoms with van der Waals surface area (Å²) < 4.78 is 0. The summed E-state index contributed by atoms with van der Waals surface area (Å²) in [7, 11) is 2.11. The summed E-state index contributed by atoms with van der Waals surface area (Å²) in [6, 6.07) is 8.97. The third kappa shape index (κ3) is 5.37. The summed E-state index contributed by atoms with van der Waals surface area (Å²) in [5, 5.41) is 12.5. The lowest BCUT2D eigenvalue weighted by atomic mass is 10.2. The van der Waals surface area contributed by atoms with Crippen LogP contribution in [0.4, 0.5) is 0 Å². The van der Waals surface area contributed by atoms with E-state index < -0.39 is 0 Å². The van der Waals surface area contributed by atoms with E-state index in [1.165, 1.54) is 12.8 Å². The van der Waals surface area contributed by atoms with Gasteiger partial charge in [0.25, 0.3) is 0 Å². The van der Waals surface area contributed by atoms with Crippen LogP contribution in [-0.4, -0.2) is 42.1 Å². The number of rotatable bonds is 8. The van der Waals surface area contributed by atoms with E-state index in [0.29, 0.717) is 6.04 Å². The van der Waals surface area contributed by atoms with Crippen molar-refractivity contribution in [3.63, 3.8) is 0 Å². The van der Waals surface area contributed by atoms with Crippen LogP contribution < -0.4 is 5.32 Å². The third-order valence-corrected chi connectivity index (χ3v) is 3.45. The molecule has 1 atom stereocenters. The fourth-order valence-corrected chi connectivity index (χ4v) is 2.03. The fourth-order valence-electron chi connectivity index (χ4n) is 2.03. The molecular weight excluding hydrogens is 236 g/mol. The van der Waals surface area contributed by atoms with Crippen molar-refractivity contribution in [2.45, 2.75) is 37.8 Å². The maximum Gasteiger partial charge on any atom is 0.0967 e. The Morgan fingerprint density at radius 2 is 2.32 bits per heavy atom. The van der Waals surface area contributed by atoms with Crippen molar-refractivity contribution in [3.8, 4) is 6.07 Å². The Morgan fingerprint density at radius 1 is 1.47 bits per heavy atom. The summed E-state index contributed by atoms with van der Waals surface area (Å²) >= 11 is 0. The number of nitriles is 1. The molecule has 1 saturated carbocycles. The zero-order chi connectivity index (χ0) is 13.5. The second-order valence-corrected chi connectivity index (χ2v) is 5.29. The van der Waals surface area contributed by atoms with E-state index in [-0.39, 0.29) is 6.04 Å². The molecular formula is C15H22N4. The number of likely N-dealkylation sites (N-methyl/N-ethyl adjacent to an activating group) is 1. The number of pyridine rings is 1. The highest BCUT2D eigenvalue weighted by Crippen LogP contribution is 2.19. The molecule has 0 saturated heterocycles. The molecule has 0 amide bonds. The van der Waals surface area contributed by atoms with Gasteiger partial charge in [0.05, 0.1) is 12.1 Å². The van der Waals surface area contributed by atoms with Gasteiger partial charge in [-0.25, -0.2) is 0 Å². The Hall–Kier alpha value is -1.44. The van der Waals surface area contributed by atoms with E-state index in [1.807, 2.05) is 18.3 Å². The topological polar surface area (TPSA) is 52.0 Å². The average Bonchev–Trinajstić information content (AvgIpc) is 3.26. The highest BCUT2D eigenvalue weighted by atomic mass is 15.1. The molecule has 1 heterocycles. The summed E-state index contributed by atoms with van der Waals surface area (Å²) in [5.41, 5.74) is 1.13. The van der Waals surface area contributed by atoms with Crippen molar-refractivity contribution >= 4 is 0 Å². The van der Waals surface area contributed by atoms with Gasteiger partial charge in [-0.05, 0) is 38.4 Å². The van der Waals surface area contributed by atoms with Crippen molar-refractivity contribution in [1.82, 2.24) is 15.2 Å². The monoisotopic (exact) mass is 258 g/mol. The number of hydrogen-bond donors (Lipinski definition) is 1. The molecule has 2 rings (SSSR count). The average molecular weight is 258 g/mol. The van der Waals surface area contributed by atoms with Crippen LogP contribution in [0.3, 0.4) is 0 Å². The molecule has 19 heavy (non-hydrogen) atoms. The van der Waals surface area contributed by atoms with Gasteiger partial charge >= 0.3 is 0 Å². The molecule has 1 fully saturated rings. The normalized spacial score (nSPS) is 16.3. The molecule has 0 aromatic carbocycles. The molecule has 0 bridgehead atoms. The van der Waals surface area contributed by atoms with Crippen LogP contribution >= 0.6 is 0 Å². The van der Waals surface area contributed by atoms with E-state index in [9.17, 15) is 0 Å². The van der Waals surface area contributed by atoms with Gasteiger partial charge in [0.15, 0.2) is 0 Å². The molecule has 1 N–H and O–H groups in total. The van der Waals surface area contributed by atoms with Gasteiger partial charge in [0, 0.05) is 37.4 Å². The first-order valence-electron chi connectivity index (χ1n) is 7.02. The first kappa shape index (κ1) is 14.0. The molecule has 1 aliphatic carbocycles. The SMILES string of the molecule is CN(CCc1ccccn1)CCC(C#N)NC1CC1. The predicted octanol–water partition coefficient (Wildman–Crippen LogP) is 1.59. The van der Waals surface area contributed by atoms with Crippen LogP contribution in [0.25, 0.3) is 0 Å². The summed E-state index contributed by atoms with van der Waals surface area (Å²) in [5.74, 6) is 0. The Balaban J connectivity index is 1.63. The van der Waals surface area contributed by atoms with E-state index in [2.05, 4.69) is 34.4 Å². The predicted molar refractivity (Wildman–Crippen MR) is 75.6 cm³/mol. The van der Waals surface area contributed by atoms with Crippen molar-refractivity contribution in [1.29, 1.82) is 5.26 Å². The molecule has 1 unspecified atom stereocenters. The standard InChI is InChI=1S/C15H22N4/c1-19(10-7-13-4-2-3-9-17-13)11-8-15(12-16)18-14-5-6-14/h2-4,9,14-15,18H,5-8,10-11H2,1H3. The lowest BCUT2D eigenvalue weighted by Gasteiger charge is -2.18. The van der Waals surface area contributed by atoms with Crippen LogP contribution in [0.2, 0.25) is 0 Å². The first-order valence-corrected chi connectivity index (χ1v) is 7.02. The van der Waals surface area contributed by atoms with Crippen molar-refractivity contribution in [2.75, 3.05) is 20.1 Å². The maximum absolute atomic E-state index is 9.08. The molecule has 0 radical (unpaired) electrons. The molecule has 0 spiro atoms. The first-order chi connectivity index (χ1) is 9.28. The highest BCUT2D eigenvalue weighted by molar-refractivity contribution is 5.03. The quantitative estimate of drug-likeness (QED) is 0.769. The van der Waals surface area contributed by atoms with Crippen molar-refractivity contribution in [3.05, 3.63) is 30.1 Å². The van der Waals surface area contributed by atoms with Gasteiger partial charge < -0.3 is 4.90 Å². The largest absolute Gasteiger partial charge is 0.306 e. The second kappa shape index (κ2) is 7.22. The van der Waals surface area contributed by atoms with Crippen molar-refractivity contribution in [2.24, 2.45) is 0 Å².